The van der Waals surface area contributed by atoms with Gasteiger partial charge in [0.1, 0.15) is 0 Å². The molecular weight excluding hydrogens is 246 g/mol. The average molecular weight is 261 g/mol. The van der Waals surface area contributed by atoms with Crippen molar-refractivity contribution in [2.24, 2.45) is 0 Å². The molecule has 0 radical (unpaired) electrons. The molecule has 0 amide bonds. The standard InChI is InChI=1S/C17H15N3/c18-12-14-3-5-17(6-4-14)20-11-1-2-16(13-20)15-7-9-19-10-8-15/h2-10H,1,11,13H2. The van der Waals surface area contributed by atoms with Gasteiger partial charge in [0, 0.05) is 31.2 Å². The lowest BCUT2D eigenvalue weighted by Crippen LogP contribution is -2.29. The molecule has 0 saturated heterocycles. The molecule has 0 bridgehead atoms. The normalized spacial score (nSPS) is 14.6. The van der Waals surface area contributed by atoms with Gasteiger partial charge in [-0.2, -0.15) is 5.26 Å². The van der Waals surface area contributed by atoms with Gasteiger partial charge in [-0.15, -0.1) is 0 Å². The fourth-order valence-electron chi connectivity index (χ4n) is 2.49. The SMILES string of the molecule is N#Cc1ccc(N2CCC=C(c3ccncc3)C2)cc1. The third kappa shape index (κ3) is 2.55. The molecule has 0 spiro atoms. The molecule has 0 atom stereocenters. The fraction of sp³-hybridized carbons (Fsp3) is 0.176. The molecule has 1 aliphatic rings. The first-order valence-corrected chi connectivity index (χ1v) is 6.71. The highest BCUT2D eigenvalue weighted by atomic mass is 15.1. The molecule has 2 aromatic rings. The van der Waals surface area contributed by atoms with E-state index < -0.39 is 0 Å². The lowest BCUT2D eigenvalue weighted by atomic mass is 10.0. The first-order chi connectivity index (χ1) is 9.86. The Morgan fingerprint density at radius 3 is 2.50 bits per heavy atom. The van der Waals surface area contributed by atoms with Crippen LogP contribution in [0.4, 0.5) is 5.69 Å². The average Bonchev–Trinajstić information content (AvgIpc) is 2.56. The first-order valence-electron chi connectivity index (χ1n) is 6.71. The lowest BCUT2D eigenvalue weighted by molar-refractivity contribution is 0.831. The summed E-state index contributed by atoms with van der Waals surface area (Å²) >= 11 is 0. The Labute approximate surface area is 118 Å². The summed E-state index contributed by atoms with van der Waals surface area (Å²) in [7, 11) is 0. The topological polar surface area (TPSA) is 39.9 Å². The van der Waals surface area contributed by atoms with Crippen molar-refractivity contribution in [1.29, 1.82) is 5.26 Å². The Morgan fingerprint density at radius 2 is 1.80 bits per heavy atom. The second-order valence-corrected chi connectivity index (χ2v) is 4.83. The molecule has 98 valence electrons. The molecule has 0 saturated carbocycles. The molecule has 1 aromatic heterocycles. The van der Waals surface area contributed by atoms with E-state index in [9.17, 15) is 0 Å². The number of pyridine rings is 1. The van der Waals surface area contributed by atoms with Crippen molar-refractivity contribution in [2.45, 2.75) is 6.42 Å². The summed E-state index contributed by atoms with van der Waals surface area (Å²) in [4.78, 5) is 6.41. The van der Waals surface area contributed by atoms with E-state index in [0.717, 1.165) is 19.5 Å². The van der Waals surface area contributed by atoms with Gasteiger partial charge in [-0.1, -0.05) is 6.08 Å². The third-order valence-corrected chi connectivity index (χ3v) is 3.56. The van der Waals surface area contributed by atoms with Crippen LogP contribution in [0.3, 0.4) is 0 Å². The molecule has 1 aliphatic heterocycles. The Hall–Kier alpha value is -2.60. The van der Waals surface area contributed by atoms with Gasteiger partial charge in [0.2, 0.25) is 0 Å². The van der Waals surface area contributed by atoms with Crippen molar-refractivity contribution in [3.05, 3.63) is 66.0 Å². The van der Waals surface area contributed by atoms with Gasteiger partial charge in [0.25, 0.3) is 0 Å². The summed E-state index contributed by atoms with van der Waals surface area (Å²) < 4.78 is 0. The van der Waals surface area contributed by atoms with E-state index in [0.29, 0.717) is 5.56 Å². The highest BCUT2D eigenvalue weighted by molar-refractivity contribution is 5.71. The largest absolute Gasteiger partial charge is 0.367 e. The van der Waals surface area contributed by atoms with Crippen LogP contribution >= 0.6 is 0 Å². The maximum Gasteiger partial charge on any atom is 0.0991 e. The smallest absolute Gasteiger partial charge is 0.0991 e. The Morgan fingerprint density at radius 1 is 1.05 bits per heavy atom. The Bertz CT molecular complexity index is 651. The molecule has 1 aromatic carbocycles. The summed E-state index contributed by atoms with van der Waals surface area (Å²) in [6.45, 7) is 1.91. The van der Waals surface area contributed by atoms with Crippen molar-refractivity contribution in [3.63, 3.8) is 0 Å². The minimum atomic E-state index is 0.704. The van der Waals surface area contributed by atoms with Crippen LogP contribution in [-0.4, -0.2) is 18.1 Å². The van der Waals surface area contributed by atoms with E-state index in [1.807, 2.05) is 48.8 Å². The Kier molecular flexibility index (Phi) is 3.47. The quantitative estimate of drug-likeness (QED) is 0.833. The molecule has 3 nitrogen and oxygen atoms in total. The molecule has 0 fully saturated rings. The van der Waals surface area contributed by atoms with Gasteiger partial charge < -0.3 is 4.90 Å². The van der Waals surface area contributed by atoms with E-state index in [2.05, 4.69) is 22.0 Å². The first kappa shape index (κ1) is 12.4. The number of rotatable bonds is 2. The number of nitriles is 1. The molecule has 0 unspecified atom stereocenters. The number of nitrogens with zero attached hydrogens (tertiary/aromatic N) is 3. The highest BCUT2D eigenvalue weighted by Crippen LogP contribution is 2.25. The van der Waals surface area contributed by atoms with E-state index in [1.165, 1.54) is 16.8 Å². The second-order valence-electron chi connectivity index (χ2n) is 4.83. The summed E-state index contributed by atoms with van der Waals surface area (Å²) in [5.74, 6) is 0. The molecule has 0 N–H and O–H groups in total. The van der Waals surface area contributed by atoms with E-state index >= 15 is 0 Å². The highest BCUT2D eigenvalue weighted by Gasteiger charge is 2.14. The minimum absolute atomic E-state index is 0.704. The lowest BCUT2D eigenvalue weighted by Gasteiger charge is -2.29. The minimum Gasteiger partial charge on any atom is -0.367 e. The predicted octanol–water partition coefficient (Wildman–Crippen LogP) is 3.25. The summed E-state index contributed by atoms with van der Waals surface area (Å²) in [5, 5.41) is 8.85. The van der Waals surface area contributed by atoms with Gasteiger partial charge in [0.15, 0.2) is 0 Å². The van der Waals surface area contributed by atoms with Crippen LogP contribution in [-0.2, 0) is 0 Å². The van der Waals surface area contributed by atoms with Crippen LogP contribution < -0.4 is 4.90 Å². The van der Waals surface area contributed by atoms with Gasteiger partial charge in [-0.25, -0.2) is 0 Å². The number of hydrogen-bond donors (Lipinski definition) is 0. The van der Waals surface area contributed by atoms with Crippen LogP contribution in [0.15, 0.2) is 54.9 Å². The van der Waals surface area contributed by atoms with Crippen molar-refractivity contribution in [2.75, 3.05) is 18.0 Å². The maximum atomic E-state index is 8.85. The van der Waals surface area contributed by atoms with Gasteiger partial charge >= 0.3 is 0 Å². The van der Waals surface area contributed by atoms with Crippen molar-refractivity contribution < 1.29 is 0 Å². The zero-order chi connectivity index (χ0) is 13.8. The van der Waals surface area contributed by atoms with Crippen molar-refractivity contribution in [1.82, 2.24) is 4.98 Å². The van der Waals surface area contributed by atoms with E-state index in [1.54, 1.807) is 0 Å². The van der Waals surface area contributed by atoms with Crippen LogP contribution in [0.5, 0.6) is 0 Å². The molecule has 2 heterocycles. The summed E-state index contributed by atoms with van der Waals surface area (Å²) in [6.07, 6.45) is 7.00. The van der Waals surface area contributed by atoms with Crippen LogP contribution in [0.1, 0.15) is 17.5 Å². The summed E-state index contributed by atoms with van der Waals surface area (Å²) in [6, 6.07) is 14.0. The number of aromatic nitrogens is 1. The van der Waals surface area contributed by atoms with Gasteiger partial charge in [0.05, 0.1) is 11.6 Å². The summed E-state index contributed by atoms with van der Waals surface area (Å²) in [5.41, 5.74) is 4.45. The number of benzene rings is 1. The monoisotopic (exact) mass is 261 g/mol. The molecular formula is C17H15N3. The molecule has 3 heteroatoms. The number of hydrogen-bond acceptors (Lipinski definition) is 3. The van der Waals surface area contributed by atoms with Crippen molar-refractivity contribution >= 4 is 11.3 Å². The Balaban J connectivity index is 1.80. The molecule has 20 heavy (non-hydrogen) atoms. The number of anilines is 1. The van der Waals surface area contributed by atoms with Crippen molar-refractivity contribution in [3.8, 4) is 6.07 Å². The van der Waals surface area contributed by atoms with Crippen LogP contribution in [0, 0.1) is 11.3 Å². The second kappa shape index (κ2) is 5.58. The molecule has 0 aliphatic carbocycles. The van der Waals surface area contributed by atoms with Crippen LogP contribution in [0.2, 0.25) is 0 Å². The predicted molar refractivity (Wildman–Crippen MR) is 80.2 cm³/mol. The zero-order valence-electron chi connectivity index (χ0n) is 11.2. The van der Waals surface area contributed by atoms with E-state index in [4.69, 9.17) is 5.26 Å². The van der Waals surface area contributed by atoms with Gasteiger partial charge in [-0.05, 0) is 54.0 Å². The molecule has 3 rings (SSSR count). The maximum absolute atomic E-state index is 8.85. The fourth-order valence-corrected chi connectivity index (χ4v) is 2.49. The zero-order valence-corrected chi connectivity index (χ0v) is 11.2. The van der Waals surface area contributed by atoms with Crippen LogP contribution in [0.25, 0.3) is 5.57 Å². The van der Waals surface area contributed by atoms with E-state index in [-0.39, 0.29) is 0 Å². The van der Waals surface area contributed by atoms with Gasteiger partial charge in [-0.3, -0.25) is 4.98 Å². The third-order valence-electron chi connectivity index (χ3n) is 3.56.